The lowest BCUT2D eigenvalue weighted by atomic mass is 10.1. The number of hydrogen-bond donors (Lipinski definition) is 1. The number of nitrogens with zero attached hydrogens (tertiary/aromatic N) is 2. The molecule has 120 valence electrons. The molecule has 1 aliphatic rings. The van der Waals surface area contributed by atoms with Crippen LogP contribution in [0.15, 0.2) is 18.2 Å². The second-order valence-corrected chi connectivity index (χ2v) is 6.03. The standard InChI is InChI=1S/C15H20ClN3O3/c1-18(12-4-2-3-5-12)9-8-17-15(20)13-10-11(16)6-7-14(13)19(21)22/h6-7,10,12H,2-5,8-9H2,1H3,(H,17,20). The number of carbonyl (C=O) groups excluding carboxylic acids is 1. The maximum atomic E-state index is 12.1. The lowest BCUT2D eigenvalue weighted by Gasteiger charge is -2.23. The van der Waals surface area contributed by atoms with Crippen LogP contribution in [0.5, 0.6) is 0 Å². The first-order valence-electron chi connectivity index (χ1n) is 7.41. The molecule has 1 fully saturated rings. The molecule has 0 saturated heterocycles. The van der Waals surface area contributed by atoms with Crippen LogP contribution >= 0.6 is 11.6 Å². The molecular weight excluding hydrogens is 306 g/mol. The summed E-state index contributed by atoms with van der Waals surface area (Å²) in [6, 6.07) is 4.57. The molecule has 0 heterocycles. The number of likely N-dealkylation sites (N-methyl/N-ethyl adjacent to an activating group) is 1. The number of nitrogens with one attached hydrogen (secondary N) is 1. The smallest absolute Gasteiger partial charge is 0.282 e. The zero-order valence-corrected chi connectivity index (χ0v) is 13.3. The Kier molecular flexibility index (Phi) is 5.74. The Morgan fingerprint density at radius 2 is 2.14 bits per heavy atom. The number of nitro benzene ring substituents is 1. The molecule has 1 aromatic carbocycles. The summed E-state index contributed by atoms with van der Waals surface area (Å²) in [5.74, 6) is -0.464. The van der Waals surface area contributed by atoms with E-state index >= 15 is 0 Å². The van der Waals surface area contributed by atoms with E-state index in [0.717, 1.165) is 6.54 Å². The maximum absolute atomic E-state index is 12.1. The van der Waals surface area contributed by atoms with Gasteiger partial charge < -0.3 is 10.2 Å². The van der Waals surface area contributed by atoms with E-state index < -0.39 is 10.8 Å². The number of amides is 1. The van der Waals surface area contributed by atoms with Gasteiger partial charge in [-0.3, -0.25) is 14.9 Å². The van der Waals surface area contributed by atoms with E-state index in [-0.39, 0.29) is 11.3 Å². The number of carbonyl (C=O) groups is 1. The minimum atomic E-state index is -0.574. The van der Waals surface area contributed by atoms with Crippen molar-refractivity contribution in [2.24, 2.45) is 0 Å². The molecule has 0 unspecified atom stereocenters. The largest absolute Gasteiger partial charge is 0.351 e. The molecule has 22 heavy (non-hydrogen) atoms. The topological polar surface area (TPSA) is 75.5 Å². The highest BCUT2D eigenvalue weighted by Crippen LogP contribution is 2.23. The van der Waals surface area contributed by atoms with Gasteiger partial charge in [-0.05, 0) is 32.0 Å². The monoisotopic (exact) mass is 325 g/mol. The third-order valence-corrected chi connectivity index (χ3v) is 4.33. The number of halogens is 1. The van der Waals surface area contributed by atoms with Crippen LogP contribution in [0.3, 0.4) is 0 Å². The third kappa shape index (κ3) is 4.18. The van der Waals surface area contributed by atoms with E-state index in [1.54, 1.807) is 0 Å². The highest BCUT2D eigenvalue weighted by atomic mass is 35.5. The van der Waals surface area contributed by atoms with Crippen molar-refractivity contribution in [3.8, 4) is 0 Å². The summed E-state index contributed by atoms with van der Waals surface area (Å²) < 4.78 is 0. The summed E-state index contributed by atoms with van der Waals surface area (Å²) in [4.78, 5) is 24.8. The first kappa shape index (κ1) is 16.7. The molecule has 0 aliphatic heterocycles. The van der Waals surface area contributed by atoms with Gasteiger partial charge in [0.05, 0.1) is 4.92 Å². The summed E-state index contributed by atoms with van der Waals surface area (Å²) in [5, 5.41) is 14.0. The van der Waals surface area contributed by atoms with Gasteiger partial charge in [0, 0.05) is 30.2 Å². The van der Waals surface area contributed by atoms with Crippen molar-refractivity contribution in [1.29, 1.82) is 0 Å². The third-order valence-electron chi connectivity index (χ3n) is 4.10. The van der Waals surface area contributed by atoms with Gasteiger partial charge in [0.25, 0.3) is 11.6 Å². The van der Waals surface area contributed by atoms with Gasteiger partial charge >= 0.3 is 0 Å². The summed E-state index contributed by atoms with van der Waals surface area (Å²) in [6.07, 6.45) is 4.92. The number of benzene rings is 1. The Labute approximate surface area is 134 Å². The van der Waals surface area contributed by atoms with Crippen LogP contribution in [-0.4, -0.2) is 41.9 Å². The molecular formula is C15H20ClN3O3. The summed E-state index contributed by atoms with van der Waals surface area (Å²) in [6.45, 7) is 1.18. The van der Waals surface area contributed by atoms with Crippen LogP contribution in [0.1, 0.15) is 36.0 Å². The van der Waals surface area contributed by atoms with Crippen molar-refractivity contribution in [2.45, 2.75) is 31.7 Å². The Bertz CT molecular complexity index is 559. The molecule has 7 heteroatoms. The van der Waals surface area contributed by atoms with Crippen molar-refractivity contribution in [1.82, 2.24) is 10.2 Å². The molecule has 0 bridgehead atoms. The quantitative estimate of drug-likeness (QED) is 0.644. The van der Waals surface area contributed by atoms with E-state index in [1.807, 2.05) is 7.05 Å². The second kappa shape index (κ2) is 7.56. The summed E-state index contributed by atoms with van der Waals surface area (Å²) in [5.41, 5.74) is -0.230. The first-order valence-corrected chi connectivity index (χ1v) is 7.79. The molecule has 0 aromatic heterocycles. The van der Waals surface area contributed by atoms with E-state index in [1.165, 1.54) is 43.9 Å². The fourth-order valence-corrected chi connectivity index (χ4v) is 2.99. The van der Waals surface area contributed by atoms with Crippen LogP contribution in [0.2, 0.25) is 5.02 Å². The Morgan fingerprint density at radius 1 is 1.45 bits per heavy atom. The van der Waals surface area contributed by atoms with Gasteiger partial charge in [0.2, 0.25) is 0 Å². The Morgan fingerprint density at radius 3 is 2.77 bits per heavy atom. The van der Waals surface area contributed by atoms with E-state index in [2.05, 4.69) is 10.2 Å². The van der Waals surface area contributed by atoms with Crippen molar-refractivity contribution in [2.75, 3.05) is 20.1 Å². The summed E-state index contributed by atoms with van der Waals surface area (Å²) in [7, 11) is 2.05. The number of rotatable bonds is 6. The van der Waals surface area contributed by atoms with E-state index in [0.29, 0.717) is 17.6 Å². The van der Waals surface area contributed by atoms with Crippen LogP contribution < -0.4 is 5.32 Å². The van der Waals surface area contributed by atoms with Gasteiger partial charge in [-0.25, -0.2) is 0 Å². The molecule has 1 aliphatic carbocycles. The average Bonchev–Trinajstić information content (AvgIpc) is 3.00. The Balaban J connectivity index is 1.92. The summed E-state index contributed by atoms with van der Waals surface area (Å²) >= 11 is 5.83. The first-order chi connectivity index (χ1) is 10.5. The van der Waals surface area contributed by atoms with Crippen molar-refractivity contribution >= 4 is 23.2 Å². The molecule has 0 radical (unpaired) electrons. The van der Waals surface area contributed by atoms with Gasteiger partial charge in [-0.2, -0.15) is 0 Å². The Hall–Kier alpha value is -1.66. The predicted molar refractivity (Wildman–Crippen MR) is 85.3 cm³/mol. The predicted octanol–water partition coefficient (Wildman–Crippen LogP) is 2.85. The molecule has 0 spiro atoms. The molecule has 2 rings (SSSR count). The SMILES string of the molecule is CN(CCNC(=O)c1cc(Cl)ccc1[N+](=O)[O-])C1CCCC1. The van der Waals surface area contributed by atoms with Crippen LogP contribution in [-0.2, 0) is 0 Å². The lowest BCUT2D eigenvalue weighted by molar-refractivity contribution is -0.385. The van der Waals surface area contributed by atoms with Crippen LogP contribution in [0.25, 0.3) is 0 Å². The molecule has 0 atom stereocenters. The maximum Gasteiger partial charge on any atom is 0.282 e. The van der Waals surface area contributed by atoms with Crippen LogP contribution in [0.4, 0.5) is 5.69 Å². The minimum Gasteiger partial charge on any atom is -0.351 e. The highest BCUT2D eigenvalue weighted by Gasteiger charge is 2.22. The second-order valence-electron chi connectivity index (χ2n) is 5.59. The molecule has 1 amide bonds. The van der Waals surface area contributed by atoms with Crippen molar-refractivity contribution < 1.29 is 9.72 Å². The van der Waals surface area contributed by atoms with Gasteiger partial charge in [0.15, 0.2) is 0 Å². The molecule has 1 aromatic rings. The van der Waals surface area contributed by atoms with Crippen molar-refractivity contribution in [3.05, 3.63) is 38.9 Å². The van der Waals surface area contributed by atoms with Crippen molar-refractivity contribution in [3.63, 3.8) is 0 Å². The fourth-order valence-electron chi connectivity index (χ4n) is 2.82. The fraction of sp³-hybridized carbons (Fsp3) is 0.533. The minimum absolute atomic E-state index is 0.000944. The number of hydrogen-bond acceptors (Lipinski definition) is 4. The van der Waals surface area contributed by atoms with E-state index in [9.17, 15) is 14.9 Å². The van der Waals surface area contributed by atoms with E-state index in [4.69, 9.17) is 11.6 Å². The zero-order chi connectivity index (χ0) is 16.1. The number of nitro groups is 1. The average molecular weight is 326 g/mol. The molecule has 6 nitrogen and oxygen atoms in total. The zero-order valence-electron chi connectivity index (χ0n) is 12.5. The normalized spacial score (nSPS) is 15.2. The highest BCUT2D eigenvalue weighted by molar-refractivity contribution is 6.31. The molecule has 1 saturated carbocycles. The van der Waals surface area contributed by atoms with Gasteiger partial charge in [-0.15, -0.1) is 0 Å². The molecule has 1 N–H and O–H groups in total. The van der Waals surface area contributed by atoms with Gasteiger partial charge in [-0.1, -0.05) is 24.4 Å². The van der Waals surface area contributed by atoms with Gasteiger partial charge in [0.1, 0.15) is 5.56 Å². The lowest BCUT2D eigenvalue weighted by Crippen LogP contribution is -2.37. The van der Waals surface area contributed by atoms with Crippen LogP contribution in [0, 0.1) is 10.1 Å².